The van der Waals surface area contributed by atoms with Gasteiger partial charge in [-0.3, -0.25) is 0 Å². The SMILES string of the molecule is Cc1ccc(C2[C@]3(O)C(O)C(c4ccc(Cl)cc4)[C@]3(O)[C@]2(O)[C@H](O)CO)cc1. The van der Waals surface area contributed by atoms with Crippen molar-refractivity contribution >= 4 is 11.6 Å². The third-order valence-electron chi connectivity index (χ3n) is 6.64. The summed E-state index contributed by atoms with van der Waals surface area (Å²) in [5, 5.41) is 65.4. The summed E-state index contributed by atoms with van der Waals surface area (Å²) in [7, 11) is 0. The molecular formula is C21H23ClO6. The van der Waals surface area contributed by atoms with Crippen molar-refractivity contribution in [2.75, 3.05) is 6.61 Å². The van der Waals surface area contributed by atoms with Crippen molar-refractivity contribution in [3.8, 4) is 0 Å². The third kappa shape index (κ3) is 2.09. The molecule has 2 saturated carbocycles. The quantitative estimate of drug-likeness (QED) is 0.438. The number of halogens is 1. The number of aryl methyl sites for hydroxylation is 1. The third-order valence-corrected chi connectivity index (χ3v) is 6.89. The summed E-state index contributed by atoms with van der Waals surface area (Å²) in [6, 6.07) is 13.2. The number of rotatable bonds is 4. The molecule has 0 heterocycles. The first kappa shape index (κ1) is 19.8. The molecule has 0 radical (unpaired) electrons. The van der Waals surface area contributed by atoms with Crippen LogP contribution >= 0.6 is 11.6 Å². The molecule has 0 aliphatic heterocycles. The summed E-state index contributed by atoms with van der Waals surface area (Å²) in [6.07, 6.45) is -3.12. The average molecular weight is 407 g/mol. The number of aliphatic hydroxyl groups is 6. The molecule has 2 aromatic carbocycles. The van der Waals surface area contributed by atoms with Crippen LogP contribution in [0.1, 0.15) is 28.5 Å². The largest absolute Gasteiger partial charge is 0.394 e. The maximum atomic E-state index is 11.4. The highest BCUT2D eigenvalue weighted by atomic mass is 35.5. The Morgan fingerprint density at radius 1 is 0.964 bits per heavy atom. The highest BCUT2D eigenvalue weighted by molar-refractivity contribution is 6.30. The number of hydrogen-bond donors (Lipinski definition) is 6. The topological polar surface area (TPSA) is 121 Å². The van der Waals surface area contributed by atoms with Crippen molar-refractivity contribution in [3.05, 3.63) is 70.2 Å². The molecule has 150 valence electrons. The number of benzene rings is 2. The molecule has 3 unspecified atom stereocenters. The van der Waals surface area contributed by atoms with Crippen molar-refractivity contribution < 1.29 is 30.6 Å². The van der Waals surface area contributed by atoms with Crippen LogP contribution in [-0.4, -0.2) is 66.3 Å². The van der Waals surface area contributed by atoms with Crippen molar-refractivity contribution in [3.63, 3.8) is 0 Å². The van der Waals surface area contributed by atoms with Gasteiger partial charge in [-0.05, 0) is 30.2 Å². The predicted octanol–water partition coefficient (Wildman–Crippen LogP) is 0.450. The van der Waals surface area contributed by atoms with E-state index >= 15 is 0 Å². The van der Waals surface area contributed by atoms with Crippen LogP contribution in [0.4, 0.5) is 0 Å². The van der Waals surface area contributed by atoms with Crippen LogP contribution in [0.25, 0.3) is 0 Å². The lowest BCUT2D eigenvalue weighted by Gasteiger charge is -2.80. The van der Waals surface area contributed by atoms with E-state index in [0.717, 1.165) is 5.56 Å². The molecule has 4 rings (SSSR count). The fourth-order valence-corrected chi connectivity index (χ4v) is 5.37. The zero-order valence-corrected chi connectivity index (χ0v) is 16.0. The van der Waals surface area contributed by atoms with Crippen LogP contribution in [0.15, 0.2) is 48.5 Å². The monoisotopic (exact) mass is 406 g/mol. The van der Waals surface area contributed by atoms with E-state index in [9.17, 15) is 30.6 Å². The molecular weight excluding hydrogens is 384 g/mol. The highest BCUT2D eigenvalue weighted by Crippen LogP contribution is 2.75. The lowest BCUT2D eigenvalue weighted by molar-refractivity contribution is -0.459. The molecule has 6 nitrogen and oxygen atoms in total. The normalized spacial score (nSPS) is 40.2. The van der Waals surface area contributed by atoms with Gasteiger partial charge in [-0.2, -0.15) is 0 Å². The minimum absolute atomic E-state index is 0.446. The molecule has 0 spiro atoms. The summed E-state index contributed by atoms with van der Waals surface area (Å²) in [4.78, 5) is 0. The Kier molecular flexibility index (Phi) is 4.41. The Labute approximate surface area is 167 Å². The van der Waals surface area contributed by atoms with Crippen molar-refractivity contribution in [2.45, 2.75) is 47.8 Å². The molecule has 7 atom stereocenters. The predicted molar refractivity (Wildman–Crippen MR) is 102 cm³/mol. The maximum absolute atomic E-state index is 11.4. The van der Waals surface area contributed by atoms with Crippen LogP contribution in [-0.2, 0) is 0 Å². The zero-order chi connectivity index (χ0) is 20.5. The molecule has 0 aromatic heterocycles. The fraction of sp³-hybridized carbons (Fsp3) is 0.429. The first-order chi connectivity index (χ1) is 13.1. The van der Waals surface area contributed by atoms with Crippen molar-refractivity contribution in [2.24, 2.45) is 0 Å². The second-order valence-corrected chi connectivity index (χ2v) is 8.37. The lowest BCUT2D eigenvalue weighted by atomic mass is 9.30. The lowest BCUT2D eigenvalue weighted by Crippen LogP contribution is -2.99. The second-order valence-electron chi connectivity index (χ2n) is 7.93. The summed E-state index contributed by atoms with van der Waals surface area (Å²) in [6.45, 7) is 1.06. The molecule has 0 saturated heterocycles. The Morgan fingerprint density at radius 3 is 2.04 bits per heavy atom. The second kappa shape index (κ2) is 6.24. The van der Waals surface area contributed by atoms with E-state index in [1.54, 1.807) is 48.5 Å². The smallest absolute Gasteiger partial charge is 0.138 e. The van der Waals surface area contributed by atoms with E-state index < -0.39 is 47.5 Å². The molecule has 28 heavy (non-hydrogen) atoms. The maximum Gasteiger partial charge on any atom is 0.138 e. The van der Waals surface area contributed by atoms with Gasteiger partial charge >= 0.3 is 0 Å². The molecule has 0 bridgehead atoms. The summed E-state index contributed by atoms with van der Waals surface area (Å²) >= 11 is 5.90. The van der Waals surface area contributed by atoms with E-state index in [2.05, 4.69) is 0 Å². The Morgan fingerprint density at radius 2 is 1.50 bits per heavy atom. The first-order valence-electron chi connectivity index (χ1n) is 9.10. The van der Waals surface area contributed by atoms with Crippen LogP contribution in [0.3, 0.4) is 0 Å². The number of aliphatic hydroxyl groups excluding tert-OH is 3. The van der Waals surface area contributed by atoms with Gasteiger partial charge < -0.3 is 30.6 Å². The van der Waals surface area contributed by atoms with Gasteiger partial charge in [-0.25, -0.2) is 0 Å². The number of hydrogen-bond acceptors (Lipinski definition) is 6. The zero-order valence-electron chi connectivity index (χ0n) is 15.2. The molecule has 7 heteroatoms. The standard InChI is InChI=1S/C21H23ClO6/c1-11-2-4-13(5-3-11)17-19(26,15(24)10-23)21(28)16(18(25)20(17,21)27)12-6-8-14(22)9-7-12/h2-9,15-18,23-28H,10H2,1H3/t15-,16?,17?,18?,19+,20+,21+/m1/s1. The van der Waals surface area contributed by atoms with Gasteiger partial charge in [0, 0.05) is 10.9 Å². The molecule has 2 aliphatic carbocycles. The van der Waals surface area contributed by atoms with Crippen molar-refractivity contribution in [1.82, 2.24) is 0 Å². The van der Waals surface area contributed by atoms with Gasteiger partial charge in [0.25, 0.3) is 0 Å². The summed E-state index contributed by atoms with van der Waals surface area (Å²) in [5.41, 5.74) is -4.77. The van der Waals surface area contributed by atoms with E-state index in [1.807, 2.05) is 6.92 Å². The molecule has 6 N–H and O–H groups in total. The van der Waals surface area contributed by atoms with Crippen molar-refractivity contribution in [1.29, 1.82) is 0 Å². The van der Waals surface area contributed by atoms with E-state index in [4.69, 9.17) is 11.6 Å². The fourth-order valence-electron chi connectivity index (χ4n) is 5.25. The van der Waals surface area contributed by atoms with Crippen LogP contribution in [0.2, 0.25) is 5.02 Å². The van der Waals surface area contributed by atoms with Gasteiger partial charge in [-0.1, -0.05) is 53.6 Å². The van der Waals surface area contributed by atoms with Gasteiger partial charge in [0.2, 0.25) is 0 Å². The van der Waals surface area contributed by atoms with E-state index in [-0.39, 0.29) is 0 Å². The molecule has 2 fully saturated rings. The Hall–Kier alpha value is -1.51. The van der Waals surface area contributed by atoms with Gasteiger partial charge in [0.1, 0.15) is 22.9 Å². The minimum Gasteiger partial charge on any atom is -0.394 e. The van der Waals surface area contributed by atoms with E-state index in [0.29, 0.717) is 16.1 Å². The Bertz CT molecular complexity index is 885. The van der Waals surface area contributed by atoms with Gasteiger partial charge in [0.15, 0.2) is 0 Å². The molecule has 2 aromatic rings. The summed E-state index contributed by atoms with van der Waals surface area (Å²) < 4.78 is 0. The van der Waals surface area contributed by atoms with Crippen LogP contribution in [0.5, 0.6) is 0 Å². The van der Waals surface area contributed by atoms with Gasteiger partial charge in [-0.15, -0.1) is 0 Å². The van der Waals surface area contributed by atoms with Crippen LogP contribution < -0.4 is 0 Å². The Balaban J connectivity index is 1.84. The van der Waals surface area contributed by atoms with Gasteiger partial charge in [0.05, 0.1) is 18.6 Å². The van der Waals surface area contributed by atoms with E-state index in [1.165, 1.54) is 0 Å². The number of fused-ring (bicyclic) bond motifs is 1. The van der Waals surface area contributed by atoms with Crippen LogP contribution in [0, 0.1) is 6.92 Å². The molecule has 0 amide bonds. The average Bonchev–Trinajstić information content (AvgIpc) is 2.69. The molecule has 2 aliphatic rings. The minimum atomic E-state index is -2.27. The summed E-state index contributed by atoms with van der Waals surface area (Å²) in [5.74, 6) is -2.26. The first-order valence-corrected chi connectivity index (χ1v) is 9.48. The highest BCUT2D eigenvalue weighted by Gasteiger charge is 2.93.